The first-order chi connectivity index (χ1) is 10.1. The molecule has 2 aliphatic rings. The fourth-order valence-electron chi connectivity index (χ4n) is 3.23. The van der Waals surface area contributed by atoms with Gasteiger partial charge >= 0.3 is 0 Å². The molecule has 0 aromatic rings. The van der Waals surface area contributed by atoms with E-state index >= 15 is 0 Å². The Labute approximate surface area is 132 Å². The number of carbonyl (C=O) groups is 2. The number of hydrogen-bond acceptors (Lipinski definition) is 4. The second-order valence-electron chi connectivity index (χ2n) is 7.30. The summed E-state index contributed by atoms with van der Waals surface area (Å²) in [5.41, 5.74) is -0.243. The summed E-state index contributed by atoms with van der Waals surface area (Å²) in [5, 5.41) is 13.6. The predicted molar refractivity (Wildman–Crippen MR) is 81.6 cm³/mol. The third-order valence-electron chi connectivity index (χ3n) is 5.23. The van der Waals surface area contributed by atoms with E-state index in [0.717, 1.165) is 6.42 Å². The van der Waals surface area contributed by atoms with E-state index in [1.54, 1.807) is 0 Å². The van der Waals surface area contributed by atoms with Gasteiger partial charge in [-0.25, -0.2) is 0 Å². The Hall–Kier alpha value is -1.14. The fourth-order valence-corrected chi connectivity index (χ4v) is 3.23. The first-order valence-corrected chi connectivity index (χ1v) is 8.12. The number of rotatable bonds is 3. The predicted octanol–water partition coefficient (Wildman–Crippen LogP) is 1.23. The molecule has 2 amide bonds. The number of amides is 2. The summed E-state index contributed by atoms with van der Waals surface area (Å²) in [6.07, 6.45) is 1.48. The van der Waals surface area contributed by atoms with Crippen molar-refractivity contribution in [2.24, 2.45) is 11.3 Å². The van der Waals surface area contributed by atoms with E-state index in [2.05, 4.69) is 5.32 Å². The first-order valence-electron chi connectivity index (χ1n) is 8.12. The second kappa shape index (κ2) is 5.81. The highest BCUT2D eigenvalue weighted by Crippen LogP contribution is 2.46. The number of nitrogens with zero attached hydrogens (tertiary/aromatic N) is 1. The number of carbonyl (C=O) groups excluding carboxylic acids is 2. The Morgan fingerprint density at radius 3 is 2.77 bits per heavy atom. The molecule has 2 aliphatic heterocycles. The van der Waals surface area contributed by atoms with Gasteiger partial charge in [-0.15, -0.1) is 0 Å². The Morgan fingerprint density at radius 1 is 1.55 bits per heavy atom. The maximum atomic E-state index is 12.8. The third kappa shape index (κ3) is 2.86. The highest BCUT2D eigenvalue weighted by molar-refractivity contribution is 5.89. The molecule has 2 rings (SSSR count). The van der Waals surface area contributed by atoms with Crippen molar-refractivity contribution in [1.29, 1.82) is 0 Å². The van der Waals surface area contributed by atoms with Crippen molar-refractivity contribution in [3.8, 4) is 0 Å². The van der Waals surface area contributed by atoms with Gasteiger partial charge in [-0.1, -0.05) is 27.7 Å². The standard InChI is InChI=1S/C16H28N2O4/c1-6-10(2)13(19)17-12-7-8-22-16(21)9-15(4,5)11(3)18(16)14(12)20/h10-12,21H,6-9H2,1-5H3,(H,17,19)/t10-,11?,12+,16+/m1/s1. The normalized spacial score (nSPS) is 35.7. The molecular weight excluding hydrogens is 284 g/mol. The van der Waals surface area contributed by atoms with Crippen LogP contribution < -0.4 is 5.32 Å². The minimum atomic E-state index is -1.56. The second-order valence-corrected chi connectivity index (χ2v) is 7.30. The SMILES string of the molecule is CC[C@@H](C)C(=O)N[C@H]1CCO[C@@]2(O)CC(C)(C)C(C)N2C1=O. The Morgan fingerprint density at radius 2 is 2.18 bits per heavy atom. The molecule has 2 saturated heterocycles. The van der Waals surface area contributed by atoms with E-state index in [0.29, 0.717) is 12.8 Å². The molecule has 2 fully saturated rings. The Kier molecular flexibility index (Phi) is 4.55. The van der Waals surface area contributed by atoms with Gasteiger partial charge in [0.15, 0.2) is 0 Å². The number of ether oxygens (including phenoxy) is 1. The van der Waals surface area contributed by atoms with Gasteiger partial charge in [0, 0.05) is 24.8 Å². The van der Waals surface area contributed by atoms with Gasteiger partial charge in [0.1, 0.15) is 6.04 Å². The van der Waals surface area contributed by atoms with Gasteiger partial charge in [0.25, 0.3) is 5.91 Å². The molecule has 2 N–H and O–H groups in total. The molecule has 1 unspecified atom stereocenters. The topological polar surface area (TPSA) is 78.9 Å². The van der Waals surface area contributed by atoms with E-state index < -0.39 is 12.0 Å². The summed E-state index contributed by atoms with van der Waals surface area (Å²) < 4.78 is 5.60. The fraction of sp³-hybridized carbons (Fsp3) is 0.875. The van der Waals surface area contributed by atoms with Gasteiger partial charge in [-0.05, 0) is 18.8 Å². The summed E-state index contributed by atoms with van der Waals surface area (Å²) in [7, 11) is 0. The highest BCUT2D eigenvalue weighted by Gasteiger charge is 2.58. The smallest absolute Gasteiger partial charge is 0.252 e. The summed E-state index contributed by atoms with van der Waals surface area (Å²) >= 11 is 0. The van der Waals surface area contributed by atoms with Crippen LogP contribution in [-0.4, -0.2) is 46.4 Å². The van der Waals surface area contributed by atoms with Crippen molar-refractivity contribution in [3.63, 3.8) is 0 Å². The molecule has 22 heavy (non-hydrogen) atoms. The van der Waals surface area contributed by atoms with Crippen molar-refractivity contribution >= 4 is 11.8 Å². The number of aliphatic hydroxyl groups is 1. The zero-order chi connectivity index (χ0) is 16.7. The van der Waals surface area contributed by atoms with Crippen LogP contribution in [0.3, 0.4) is 0 Å². The van der Waals surface area contributed by atoms with Crippen LogP contribution in [0, 0.1) is 11.3 Å². The molecular formula is C16H28N2O4. The van der Waals surface area contributed by atoms with Crippen LogP contribution in [0.25, 0.3) is 0 Å². The monoisotopic (exact) mass is 312 g/mol. The summed E-state index contributed by atoms with van der Waals surface area (Å²) in [5.74, 6) is -2.08. The zero-order valence-electron chi connectivity index (χ0n) is 14.2. The zero-order valence-corrected chi connectivity index (χ0v) is 14.2. The number of fused-ring (bicyclic) bond motifs is 1. The Bertz CT molecular complexity index is 465. The van der Waals surface area contributed by atoms with Crippen LogP contribution in [0.2, 0.25) is 0 Å². The molecule has 0 aromatic heterocycles. The molecule has 6 nitrogen and oxygen atoms in total. The van der Waals surface area contributed by atoms with Gasteiger partial charge < -0.3 is 15.2 Å². The van der Waals surface area contributed by atoms with Gasteiger partial charge in [-0.3, -0.25) is 14.5 Å². The van der Waals surface area contributed by atoms with Gasteiger partial charge in [-0.2, -0.15) is 0 Å². The molecule has 0 aromatic carbocycles. The average molecular weight is 312 g/mol. The van der Waals surface area contributed by atoms with Gasteiger partial charge in [0.05, 0.1) is 6.61 Å². The molecule has 6 heteroatoms. The lowest BCUT2D eigenvalue weighted by atomic mass is 9.85. The molecule has 2 heterocycles. The van der Waals surface area contributed by atoms with Crippen molar-refractivity contribution in [1.82, 2.24) is 10.2 Å². The molecule has 0 spiro atoms. The minimum absolute atomic E-state index is 0.127. The summed E-state index contributed by atoms with van der Waals surface area (Å²) in [6, 6.07) is -0.794. The quantitative estimate of drug-likeness (QED) is 0.821. The number of hydrogen-bond donors (Lipinski definition) is 2. The summed E-state index contributed by atoms with van der Waals surface area (Å²) in [4.78, 5) is 26.4. The largest absolute Gasteiger partial charge is 0.349 e. The molecule has 0 radical (unpaired) electrons. The molecule has 0 bridgehead atoms. The van der Waals surface area contributed by atoms with Crippen LogP contribution in [0.15, 0.2) is 0 Å². The van der Waals surface area contributed by atoms with E-state index in [-0.39, 0.29) is 35.8 Å². The van der Waals surface area contributed by atoms with Crippen molar-refractivity contribution < 1.29 is 19.4 Å². The molecule has 0 aliphatic carbocycles. The van der Waals surface area contributed by atoms with Crippen LogP contribution in [0.4, 0.5) is 0 Å². The molecule has 0 saturated carbocycles. The highest BCUT2D eigenvalue weighted by atomic mass is 16.6. The van der Waals surface area contributed by atoms with Crippen LogP contribution in [0.5, 0.6) is 0 Å². The maximum Gasteiger partial charge on any atom is 0.252 e. The van der Waals surface area contributed by atoms with E-state index in [9.17, 15) is 14.7 Å². The molecule has 126 valence electrons. The lowest BCUT2D eigenvalue weighted by Gasteiger charge is -2.35. The van der Waals surface area contributed by atoms with Crippen LogP contribution in [-0.2, 0) is 14.3 Å². The van der Waals surface area contributed by atoms with Crippen LogP contribution in [0.1, 0.15) is 53.9 Å². The molecule has 4 atom stereocenters. The lowest BCUT2D eigenvalue weighted by molar-refractivity contribution is -0.268. The third-order valence-corrected chi connectivity index (χ3v) is 5.23. The van der Waals surface area contributed by atoms with E-state index in [1.165, 1.54) is 4.90 Å². The maximum absolute atomic E-state index is 12.8. The van der Waals surface area contributed by atoms with Crippen molar-refractivity contribution in [2.75, 3.05) is 6.61 Å². The Balaban J connectivity index is 2.21. The summed E-state index contributed by atoms with van der Waals surface area (Å²) in [6.45, 7) is 9.95. The average Bonchev–Trinajstić information content (AvgIpc) is 2.53. The van der Waals surface area contributed by atoms with E-state index in [4.69, 9.17) is 4.74 Å². The van der Waals surface area contributed by atoms with E-state index in [1.807, 2.05) is 34.6 Å². The van der Waals surface area contributed by atoms with Crippen molar-refractivity contribution in [3.05, 3.63) is 0 Å². The van der Waals surface area contributed by atoms with Gasteiger partial charge in [0.2, 0.25) is 11.8 Å². The minimum Gasteiger partial charge on any atom is -0.349 e. The van der Waals surface area contributed by atoms with Crippen molar-refractivity contribution in [2.45, 2.75) is 71.9 Å². The lowest BCUT2D eigenvalue weighted by Crippen LogP contribution is -2.56. The first kappa shape index (κ1) is 17.2. The van der Waals surface area contributed by atoms with Crippen LogP contribution >= 0.6 is 0 Å². The number of nitrogens with one attached hydrogen (secondary N) is 1.